The molecule has 5 heteroatoms. The van der Waals surface area contributed by atoms with Crippen LogP contribution in [0.15, 0.2) is 60.7 Å². The average molecular weight is 362 g/mol. The Bertz CT molecular complexity index is 978. The van der Waals surface area contributed by atoms with Gasteiger partial charge >= 0.3 is 5.97 Å². The fourth-order valence-electron chi connectivity index (χ4n) is 3.82. The number of carbonyl (C=O) groups excluding carboxylic acids is 2. The third kappa shape index (κ3) is 3.33. The van der Waals surface area contributed by atoms with Crippen LogP contribution in [0.5, 0.6) is 0 Å². The minimum atomic E-state index is -0.236. The van der Waals surface area contributed by atoms with Gasteiger partial charge in [0, 0.05) is 24.0 Å². The van der Waals surface area contributed by atoms with Crippen molar-refractivity contribution in [2.24, 2.45) is 0 Å². The molecule has 5 nitrogen and oxygen atoms in total. The van der Waals surface area contributed by atoms with Crippen molar-refractivity contribution in [3.05, 3.63) is 71.9 Å². The molecule has 1 aliphatic rings. The lowest BCUT2D eigenvalue weighted by Gasteiger charge is -2.35. The standard InChI is InChI=1S/C22H22N2O3/c1-2-27-21(25)13-18-15-23(14-16-8-4-3-5-9-16)22(26)20-12-17-10-6-7-11-19(17)24(18)20/h3-12,18H,2,13-15H2,1H3. The van der Waals surface area contributed by atoms with Crippen molar-refractivity contribution in [2.45, 2.75) is 25.9 Å². The second-order valence-electron chi connectivity index (χ2n) is 6.79. The molecule has 1 aliphatic heterocycles. The molecule has 0 aliphatic carbocycles. The monoisotopic (exact) mass is 362 g/mol. The van der Waals surface area contributed by atoms with Crippen LogP contribution in [0.3, 0.4) is 0 Å². The summed E-state index contributed by atoms with van der Waals surface area (Å²) in [6.45, 7) is 3.18. The van der Waals surface area contributed by atoms with Crippen molar-refractivity contribution in [3.8, 4) is 0 Å². The summed E-state index contributed by atoms with van der Waals surface area (Å²) in [5.41, 5.74) is 2.69. The zero-order valence-corrected chi connectivity index (χ0v) is 15.3. The zero-order chi connectivity index (χ0) is 18.8. The number of benzene rings is 2. The van der Waals surface area contributed by atoms with Gasteiger partial charge in [0.2, 0.25) is 0 Å². The molecule has 0 saturated carbocycles. The molecule has 2 aromatic carbocycles. The smallest absolute Gasteiger partial charge is 0.307 e. The Morgan fingerprint density at radius 3 is 2.63 bits per heavy atom. The molecule has 1 aromatic heterocycles. The SMILES string of the molecule is CCOC(=O)CC1CN(Cc2ccccc2)C(=O)c2cc3ccccc3n21. The van der Waals surface area contributed by atoms with Crippen molar-refractivity contribution in [1.29, 1.82) is 0 Å². The van der Waals surface area contributed by atoms with Crippen LogP contribution in [0.4, 0.5) is 0 Å². The Morgan fingerprint density at radius 1 is 1.11 bits per heavy atom. The minimum Gasteiger partial charge on any atom is -0.466 e. The van der Waals surface area contributed by atoms with Crippen LogP contribution < -0.4 is 0 Å². The van der Waals surface area contributed by atoms with Crippen LogP contribution in [0.25, 0.3) is 10.9 Å². The van der Waals surface area contributed by atoms with Gasteiger partial charge in [-0.15, -0.1) is 0 Å². The number of hydrogen-bond donors (Lipinski definition) is 0. The largest absolute Gasteiger partial charge is 0.466 e. The Kier molecular flexibility index (Phi) is 4.67. The lowest BCUT2D eigenvalue weighted by atomic mass is 10.1. The van der Waals surface area contributed by atoms with Crippen LogP contribution in [-0.4, -0.2) is 34.5 Å². The van der Waals surface area contributed by atoms with Crippen LogP contribution in [-0.2, 0) is 16.1 Å². The second kappa shape index (κ2) is 7.27. The Labute approximate surface area is 158 Å². The van der Waals surface area contributed by atoms with Gasteiger partial charge in [-0.2, -0.15) is 0 Å². The number of ether oxygens (including phenoxy) is 1. The maximum absolute atomic E-state index is 13.1. The van der Waals surface area contributed by atoms with Crippen molar-refractivity contribution in [3.63, 3.8) is 0 Å². The number of rotatable bonds is 5. The third-order valence-electron chi connectivity index (χ3n) is 4.97. The molecule has 2 heterocycles. The van der Waals surface area contributed by atoms with Gasteiger partial charge in [0.25, 0.3) is 5.91 Å². The van der Waals surface area contributed by atoms with E-state index in [2.05, 4.69) is 0 Å². The van der Waals surface area contributed by atoms with Gasteiger partial charge < -0.3 is 14.2 Å². The van der Waals surface area contributed by atoms with E-state index in [-0.39, 0.29) is 24.3 Å². The molecular formula is C22H22N2O3. The quantitative estimate of drug-likeness (QED) is 0.649. The summed E-state index contributed by atoms with van der Waals surface area (Å²) in [5.74, 6) is -0.240. The molecule has 27 heavy (non-hydrogen) atoms. The van der Waals surface area contributed by atoms with Crippen molar-refractivity contribution >= 4 is 22.8 Å². The Balaban J connectivity index is 1.72. The van der Waals surface area contributed by atoms with E-state index in [1.165, 1.54) is 0 Å². The summed E-state index contributed by atoms with van der Waals surface area (Å²) < 4.78 is 7.18. The van der Waals surface area contributed by atoms with Crippen LogP contribution in [0, 0.1) is 0 Å². The van der Waals surface area contributed by atoms with E-state index in [1.807, 2.05) is 70.1 Å². The highest BCUT2D eigenvalue weighted by Crippen LogP contribution is 2.32. The molecule has 0 fully saturated rings. The van der Waals surface area contributed by atoms with Gasteiger partial charge in [-0.1, -0.05) is 48.5 Å². The first kappa shape index (κ1) is 17.3. The number of para-hydroxylation sites is 1. The molecule has 0 spiro atoms. The Morgan fingerprint density at radius 2 is 1.85 bits per heavy atom. The maximum Gasteiger partial charge on any atom is 0.307 e. The molecule has 0 radical (unpaired) electrons. The van der Waals surface area contributed by atoms with Gasteiger partial charge in [0.05, 0.1) is 19.1 Å². The van der Waals surface area contributed by atoms with E-state index < -0.39 is 0 Å². The highest BCUT2D eigenvalue weighted by atomic mass is 16.5. The highest BCUT2D eigenvalue weighted by molar-refractivity contribution is 6.00. The topological polar surface area (TPSA) is 51.5 Å². The molecule has 0 bridgehead atoms. The number of amides is 1. The van der Waals surface area contributed by atoms with Crippen LogP contribution in [0.1, 0.15) is 35.4 Å². The highest BCUT2D eigenvalue weighted by Gasteiger charge is 2.34. The molecule has 1 amide bonds. The number of nitrogens with zero attached hydrogens (tertiary/aromatic N) is 2. The number of hydrogen-bond acceptors (Lipinski definition) is 3. The third-order valence-corrected chi connectivity index (χ3v) is 4.97. The van der Waals surface area contributed by atoms with E-state index in [0.29, 0.717) is 25.4 Å². The predicted octanol–water partition coefficient (Wildman–Crippen LogP) is 3.79. The first-order chi connectivity index (χ1) is 13.2. The van der Waals surface area contributed by atoms with Gasteiger partial charge in [0.1, 0.15) is 5.69 Å². The van der Waals surface area contributed by atoms with Crippen LogP contribution in [0.2, 0.25) is 0 Å². The normalized spacial score (nSPS) is 16.4. The molecule has 1 unspecified atom stereocenters. The predicted molar refractivity (Wildman–Crippen MR) is 103 cm³/mol. The number of aromatic nitrogens is 1. The summed E-state index contributed by atoms with van der Waals surface area (Å²) in [4.78, 5) is 27.2. The molecule has 1 atom stereocenters. The first-order valence-corrected chi connectivity index (χ1v) is 9.26. The summed E-state index contributed by atoms with van der Waals surface area (Å²) in [7, 11) is 0. The van der Waals surface area contributed by atoms with Gasteiger partial charge in [0.15, 0.2) is 0 Å². The summed E-state index contributed by atoms with van der Waals surface area (Å²) in [6.07, 6.45) is 0.248. The zero-order valence-electron chi connectivity index (χ0n) is 15.3. The molecular weight excluding hydrogens is 340 g/mol. The molecule has 0 N–H and O–H groups in total. The summed E-state index contributed by atoms with van der Waals surface area (Å²) in [5, 5.41) is 1.01. The number of fused-ring (bicyclic) bond motifs is 3. The fourth-order valence-corrected chi connectivity index (χ4v) is 3.82. The fraction of sp³-hybridized carbons (Fsp3) is 0.273. The number of carbonyl (C=O) groups is 2. The molecule has 4 rings (SSSR count). The van der Waals surface area contributed by atoms with Crippen molar-refractivity contribution in [2.75, 3.05) is 13.2 Å². The lowest BCUT2D eigenvalue weighted by Crippen LogP contribution is -2.43. The molecule has 138 valence electrons. The van der Waals surface area contributed by atoms with E-state index >= 15 is 0 Å². The Hall–Kier alpha value is -3.08. The van der Waals surface area contributed by atoms with E-state index in [4.69, 9.17) is 4.74 Å². The lowest BCUT2D eigenvalue weighted by molar-refractivity contribution is -0.144. The molecule has 0 saturated heterocycles. The number of esters is 1. The van der Waals surface area contributed by atoms with Gasteiger partial charge in [-0.25, -0.2) is 0 Å². The minimum absolute atomic E-state index is 0.00448. The first-order valence-electron chi connectivity index (χ1n) is 9.26. The van der Waals surface area contributed by atoms with E-state index in [1.54, 1.807) is 6.92 Å². The summed E-state index contributed by atoms with van der Waals surface area (Å²) >= 11 is 0. The van der Waals surface area contributed by atoms with E-state index in [9.17, 15) is 9.59 Å². The molecule has 3 aromatic rings. The van der Waals surface area contributed by atoms with Crippen LogP contribution >= 0.6 is 0 Å². The van der Waals surface area contributed by atoms with Gasteiger partial charge in [-0.3, -0.25) is 9.59 Å². The van der Waals surface area contributed by atoms with Gasteiger partial charge in [-0.05, 0) is 24.6 Å². The van der Waals surface area contributed by atoms with Crippen molar-refractivity contribution in [1.82, 2.24) is 9.47 Å². The van der Waals surface area contributed by atoms with Crippen molar-refractivity contribution < 1.29 is 14.3 Å². The average Bonchev–Trinajstić information content (AvgIpc) is 3.07. The second-order valence-corrected chi connectivity index (χ2v) is 6.79. The maximum atomic E-state index is 13.1. The summed E-state index contributed by atoms with van der Waals surface area (Å²) in [6, 6.07) is 19.6. The van der Waals surface area contributed by atoms with E-state index in [0.717, 1.165) is 16.5 Å².